The van der Waals surface area contributed by atoms with E-state index in [1.54, 1.807) is 0 Å². The molecule has 1 aromatic carbocycles. The van der Waals surface area contributed by atoms with Gasteiger partial charge in [0.25, 0.3) is 5.91 Å². The minimum atomic E-state index is -0.659. The summed E-state index contributed by atoms with van der Waals surface area (Å²) >= 11 is 0. The molecule has 29 heavy (non-hydrogen) atoms. The van der Waals surface area contributed by atoms with Gasteiger partial charge in [0.15, 0.2) is 0 Å². The first-order valence-corrected chi connectivity index (χ1v) is 10.7. The van der Waals surface area contributed by atoms with Crippen molar-refractivity contribution in [3.8, 4) is 0 Å². The van der Waals surface area contributed by atoms with Crippen LogP contribution >= 0.6 is 0 Å². The largest absolute Gasteiger partial charge is 0.392 e. The van der Waals surface area contributed by atoms with E-state index < -0.39 is 11.6 Å². The van der Waals surface area contributed by atoms with E-state index >= 15 is 0 Å². The quantitative estimate of drug-likeness (QED) is 0.731. The molecule has 1 spiro atoms. The van der Waals surface area contributed by atoms with Crippen LogP contribution in [0, 0.1) is 0 Å². The Labute approximate surface area is 171 Å². The maximum absolute atomic E-state index is 13.6. The van der Waals surface area contributed by atoms with Crippen LogP contribution in [0.15, 0.2) is 30.3 Å². The number of aliphatic hydroxyl groups excluding tert-OH is 1. The number of likely N-dealkylation sites (tertiary alicyclic amines) is 2. The lowest BCUT2D eigenvalue weighted by Gasteiger charge is -2.60. The van der Waals surface area contributed by atoms with Crippen LogP contribution in [0.4, 0.5) is 0 Å². The average molecular weight is 399 g/mol. The molecule has 5 rings (SSSR count). The summed E-state index contributed by atoms with van der Waals surface area (Å²) in [6, 6.07) is 9.83. The third kappa shape index (κ3) is 3.11. The minimum Gasteiger partial charge on any atom is -0.392 e. The fraction of sp³-hybridized carbons (Fsp3) is 0.636. The van der Waals surface area contributed by atoms with Gasteiger partial charge in [-0.3, -0.25) is 24.3 Å². The predicted octanol–water partition coefficient (Wildman–Crippen LogP) is 0.139. The lowest BCUT2D eigenvalue weighted by atomic mass is 9.80. The van der Waals surface area contributed by atoms with Crippen molar-refractivity contribution in [1.82, 2.24) is 19.6 Å². The summed E-state index contributed by atoms with van der Waals surface area (Å²) in [7, 11) is 2.15. The number of hydrogen-bond acceptors (Lipinski definition) is 6. The molecule has 2 atom stereocenters. The van der Waals surface area contributed by atoms with Crippen molar-refractivity contribution in [3.63, 3.8) is 0 Å². The average Bonchev–Trinajstić information content (AvgIpc) is 3.08. The Morgan fingerprint density at radius 1 is 1.10 bits per heavy atom. The molecule has 1 N–H and O–H groups in total. The summed E-state index contributed by atoms with van der Waals surface area (Å²) in [4.78, 5) is 35.0. The zero-order chi connectivity index (χ0) is 20.2. The van der Waals surface area contributed by atoms with Crippen LogP contribution in [-0.2, 0) is 16.1 Å². The number of piperidine rings is 1. The highest BCUT2D eigenvalue weighted by Gasteiger charge is 2.64. The maximum atomic E-state index is 13.6. The summed E-state index contributed by atoms with van der Waals surface area (Å²) in [6.07, 6.45) is 2.13. The molecule has 156 valence electrons. The number of piperazine rings is 1. The maximum Gasteiger partial charge on any atom is 0.252 e. The van der Waals surface area contributed by atoms with Crippen molar-refractivity contribution >= 4 is 11.8 Å². The number of imide groups is 1. The number of amides is 2. The van der Waals surface area contributed by atoms with Crippen LogP contribution in [0.3, 0.4) is 0 Å². The molecule has 7 nitrogen and oxygen atoms in total. The van der Waals surface area contributed by atoms with Gasteiger partial charge in [-0.15, -0.1) is 0 Å². The molecule has 4 fully saturated rings. The molecule has 4 aliphatic rings. The second kappa shape index (κ2) is 7.16. The zero-order valence-corrected chi connectivity index (χ0v) is 17.0. The van der Waals surface area contributed by atoms with Crippen molar-refractivity contribution in [2.45, 2.75) is 49.5 Å². The smallest absolute Gasteiger partial charge is 0.252 e. The predicted molar refractivity (Wildman–Crippen MR) is 108 cm³/mol. The minimum absolute atomic E-state index is 0.0825. The number of aliphatic hydroxyl groups is 1. The molecule has 0 unspecified atom stereocenters. The van der Waals surface area contributed by atoms with E-state index in [-0.39, 0.29) is 17.9 Å². The van der Waals surface area contributed by atoms with Crippen molar-refractivity contribution in [3.05, 3.63) is 35.9 Å². The van der Waals surface area contributed by atoms with Crippen LogP contribution < -0.4 is 0 Å². The fourth-order valence-corrected chi connectivity index (χ4v) is 5.65. The Morgan fingerprint density at radius 3 is 2.48 bits per heavy atom. The Balaban J connectivity index is 1.38. The van der Waals surface area contributed by atoms with Crippen LogP contribution in [0.25, 0.3) is 0 Å². The second-order valence-electron chi connectivity index (χ2n) is 9.24. The Bertz CT molecular complexity index is 787. The molecular formula is C22H30N4O3. The lowest BCUT2D eigenvalue weighted by Crippen LogP contribution is -2.82. The highest BCUT2D eigenvalue weighted by Crippen LogP contribution is 2.42. The van der Waals surface area contributed by atoms with Gasteiger partial charge < -0.3 is 10.0 Å². The van der Waals surface area contributed by atoms with E-state index in [1.807, 2.05) is 35.2 Å². The van der Waals surface area contributed by atoms with Crippen molar-refractivity contribution < 1.29 is 14.7 Å². The second-order valence-corrected chi connectivity index (χ2v) is 9.24. The Kier molecular flexibility index (Phi) is 4.74. The molecule has 7 heteroatoms. The molecular weight excluding hydrogens is 368 g/mol. The number of β-amino-alcohol motifs (C(OH)–C–C–N with tert-alkyl or cyclic N) is 1. The van der Waals surface area contributed by atoms with E-state index in [0.29, 0.717) is 38.6 Å². The Hall–Kier alpha value is -1.80. The molecule has 4 aliphatic heterocycles. The van der Waals surface area contributed by atoms with Crippen LogP contribution in [0.1, 0.15) is 24.8 Å². The van der Waals surface area contributed by atoms with Gasteiger partial charge in [0, 0.05) is 25.7 Å². The molecule has 0 radical (unpaired) electrons. The Morgan fingerprint density at radius 2 is 1.79 bits per heavy atom. The SMILES string of the molecule is CN1CCC(N2CC3(C2)C(=O)N(Cc2ccccc2)C(=O)[C@@H]2C[C@@H](O)CN23)CC1. The van der Waals surface area contributed by atoms with E-state index in [1.165, 1.54) is 4.90 Å². The topological polar surface area (TPSA) is 67.3 Å². The molecule has 1 aromatic rings. The van der Waals surface area contributed by atoms with Gasteiger partial charge >= 0.3 is 0 Å². The molecule has 0 bridgehead atoms. The number of carbonyl (C=O) groups is 2. The third-order valence-corrected chi connectivity index (χ3v) is 7.34. The number of benzene rings is 1. The van der Waals surface area contributed by atoms with Gasteiger partial charge in [-0.1, -0.05) is 30.3 Å². The van der Waals surface area contributed by atoms with Crippen LogP contribution in [0.2, 0.25) is 0 Å². The van der Waals surface area contributed by atoms with Crippen LogP contribution in [0.5, 0.6) is 0 Å². The summed E-state index contributed by atoms with van der Waals surface area (Å²) < 4.78 is 0. The molecule has 4 heterocycles. The van der Waals surface area contributed by atoms with Gasteiger partial charge in [-0.2, -0.15) is 0 Å². The summed E-state index contributed by atoms with van der Waals surface area (Å²) in [6.45, 7) is 4.25. The number of hydrogen-bond donors (Lipinski definition) is 1. The number of rotatable bonds is 3. The van der Waals surface area contributed by atoms with E-state index in [2.05, 4.69) is 16.8 Å². The molecule has 2 amide bonds. The van der Waals surface area contributed by atoms with Crippen LogP contribution in [-0.4, -0.2) is 100 Å². The van der Waals surface area contributed by atoms with Crippen molar-refractivity contribution in [2.24, 2.45) is 0 Å². The standard InChI is InChI=1S/C22H30N4O3/c1-23-9-7-17(8-10-23)24-14-22(15-24)21(29)25(12-16-5-3-2-4-6-16)20(28)19-11-18(27)13-26(19)22/h2-6,17-19,27H,7-15H2,1H3/t18-,19+/m1/s1. The first-order chi connectivity index (χ1) is 14.0. The molecule has 0 saturated carbocycles. The van der Waals surface area contributed by atoms with E-state index in [0.717, 1.165) is 31.5 Å². The van der Waals surface area contributed by atoms with E-state index in [9.17, 15) is 14.7 Å². The number of fused-ring (bicyclic) bond motifs is 2. The number of nitrogens with zero attached hydrogens (tertiary/aromatic N) is 4. The zero-order valence-electron chi connectivity index (χ0n) is 17.0. The molecule has 0 aliphatic carbocycles. The lowest BCUT2D eigenvalue weighted by molar-refractivity contribution is -0.184. The first kappa shape index (κ1) is 19.2. The molecule has 4 saturated heterocycles. The van der Waals surface area contributed by atoms with Gasteiger partial charge in [0.05, 0.1) is 18.7 Å². The van der Waals surface area contributed by atoms with Gasteiger partial charge in [0.2, 0.25) is 5.91 Å². The highest BCUT2D eigenvalue weighted by atomic mass is 16.3. The normalized spacial score (nSPS) is 31.3. The van der Waals surface area contributed by atoms with Crippen molar-refractivity contribution in [1.29, 1.82) is 0 Å². The third-order valence-electron chi connectivity index (χ3n) is 7.34. The fourth-order valence-electron chi connectivity index (χ4n) is 5.65. The first-order valence-electron chi connectivity index (χ1n) is 10.7. The van der Waals surface area contributed by atoms with Gasteiger partial charge in [-0.05, 0) is 45.0 Å². The summed E-state index contributed by atoms with van der Waals surface area (Å²) in [5.41, 5.74) is 0.302. The van der Waals surface area contributed by atoms with Gasteiger partial charge in [0.1, 0.15) is 5.54 Å². The van der Waals surface area contributed by atoms with Crippen molar-refractivity contribution in [2.75, 3.05) is 39.8 Å². The number of carbonyl (C=O) groups excluding carboxylic acids is 2. The monoisotopic (exact) mass is 398 g/mol. The van der Waals surface area contributed by atoms with Gasteiger partial charge in [-0.25, -0.2) is 0 Å². The summed E-state index contributed by atoms with van der Waals surface area (Å²) in [5.74, 6) is -0.236. The highest BCUT2D eigenvalue weighted by molar-refractivity contribution is 6.06. The molecule has 0 aromatic heterocycles. The summed E-state index contributed by atoms with van der Waals surface area (Å²) in [5, 5.41) is 10.3. The van der Waals surface area contributed by atoms with E-state index in [4.69, 9.17) is 0 Å².